The molecule has 0 aromatic heterocycles. The monoisotopic (exact) mass is 386 g/mol. The van der Waals surface area contributed by atoms with E-state index in [9.17, 15) is 23.0 Å². The van der Waals surface area contributed by atoms with Crippen molar-refractivity contribution < 1.29 is 23.0 Å². The fourth-order valence-electron chi connectivity index (χ4n) is 2.87. The van der Waals surface area contributed by atoms with E-state index in [1.807, 2.05) is 0 Å². The molecule has 0 atom stereocenters. The van der Waals surface area contributed by atoms with E-state index in [2.05, 4.69) is 0 Å². The van der Waals surface area contributed by atoms with Crippen LogP contribution in [0.3, 0.4) is 0 Å². The van der Waals surface area contributed by atoms with Crippen molar-refractivity contribution in [2.75, 3.05) is 0 Å². The minimum absolute atomic E-state index is 0.185. The zero-order valence-electron chi connectivity index (χ0n) is 14.5. The zero-order chi connectivity index (χ0) is 19.4. The van der Waals surface area contributed by atoms with Gasteiger partial charge in [0.2, 0.25) is 0 Å². The predicted octanol–water partition coefficient (Wildman–Crippen LogP) is 3.45. The van der Waals surface area contributed by atoms with Crippen LogP contribution in [0.2, 0.25) is 0 Å². The van der Waals surface area contributed by atoms with Crippen LogP contribution < -0.4 is 0 Å². The molecule has 0 amide bonds. The molecule has 3 aromatic carbocycles. The van der Waals surface area contributed by atoms with Gasteiger partial charge in [-0.3, -0.25) is 0 Å². The van der Waals surface area contributed by atoms with Gasteiger partial charge in [-0.1, -0.05) is 42.5 Å². The molecule has 140 valence electrons. The summed E-state index contributed by atoms with van der Waals surface area (Å²) < 4.78 is 38.4. The summed E-state index contributed by atoms with van der Waals surface area (Å²) in [4.78, 5) is 0.185. The Labute approximate surface area is 157 Å². The number of hydrogen-bond acceptors (Lipinski definition) is 4. The molecule has 0 bridgehead atoms. The number of hydrogen-bond donors (Lipinski definition) is 2. The van der Waals surface area contributed by atoms with E-state index >= 15 is 0 Å². The molecule has 2 N–H and O–H groups in total. The van der Waals surface area contributed by atoms with Gasteiger partial charge in [-0.15, -0.1) is 0 Å². The van der Waals surface area contributed by atoms with Crippen molar-refractivity contribution in [3.8, 4) is 11.1 Å². The normalized spacial score (nSPS) is 11.5. The Morgan fingerprint density at radius 1 is 0.741 bits per heavy atom. The molecule has 0 aliphatic rings. The number of rotatable bonds is 6. The van der Waals surface area contributed by atoms with Gasteiger partial charge in [-0.05, 0) is 52.1 Å². The Morgan fingerprint density at radius 2 is 1.30 bits per heavy atom. The van der Waals surface area contributed by atoms with E-state index in [1.54, 1.807) is 42.5 Å². The highest BCUT2D eigenvalue weighted by atomic mass is 32.2. The molecule has 0 unspecified atom stereocenters. The van der Waals surface area contributed by atoms with Crippen LogP contribution >= 0.6 is 0 Å². The van der Waals surface area contributed by atoms with E-state index in [0.717, 1.165) is 11.1 Å². The van der Waals surface area contributed by atoms with E-state index in [4.69, 9.17) is 0 Å². The second-order valence-electron chi connectivity index (χ2n) is 6.21. The first-order valence-corrected chi connectivity index (χ1v) is 9.99. The van der Waals surface area contributed by atoms with Crippen LogP contribution in [0.25, 0.3) is 11.1 Å². The molecule has 0 saturated carbocycles. The van der Waals surface area contributed by atoms with Gasteiger partial charge in [0.1, 0.15) is 5.82 Å². The third-order valence-electron chi connectivity index (χ3n) is 4.36. The maximum Gasteiger partial charge on any atom is 0.182 e. The van der Waals surface area contributed by atoms with E-state index in [1.165, 1.54) is 24.3 Å². The average molecular weight is 386 g/mol. The first-order chi connectivity index (χ1) is 12.9. The van der Waals surface area contributed by atoms with Crippen LogP contribution in [-0.4, -0.2) is 18.6 Å². The highest BCUT2D eigenvalue weighted by molar-refractivity contribution is 7.90. The van der Waals surface area contributed by atoms with Crippen LogP contribution in [-0.2, 0) is 28.8 Å². The van der Waals surface area contributed by atoms with Crippen molar-refractivity contribution in [3.63, 3.8) is 0 Å². The van der Waals surface area contributed by atoms with E-state index in [-0.39, 0.29) is 29.7 Å². The quantitative estimate of drug-likeness (QED) is 0.680. The Morgan fingerprint density at radius 3 is 1.85 bits per heavy atom. The minimum Gasteiger partial charge on any atom is -0.392 e. The highest BCUT2D eigenvalue weighted by Crippen LogP contribution is 2.24. The zero-order valence-corrected chi connectivity index (χ0v) is 15.3. The molecule has 27 heavy (non-hydrogen) atoms. The van der Waals surface area contributed by atoms with Crippen LogP contribution in [0.5, 0.6) is 0 Å². The summed E-state index contributed by atoms with van der Waals surface area (Å²) in [5.74, 6) is -0.533. The molecular formula is C21H19FO4S. The van der Waals surface area contributed by atoms with Crippen LogP contribution in [0.4, 0.5) is 4.39 Å². The molecule has 0 saturated heterocycles. The minimum atomic E-state index is -3.57. The Kier molecular flexibility index (Phi) is 5.70. The van der Waals surface area contributed by atoms with Gasteiger partial charge in [0, 0.05) is 0 Å². The first kappa shape index (κ1) is 19.2. The molecule has 0 fully saturated rings. The van der Waals surface area contributed by atoms with Gasteiger partial charge >= 0.3 is 0 Å². The third kappa shape index (κ3) is 4.42. The van der Waals surface area contributed by atoms with Gasteiger partial charge in [-0.2, -0.15) is 0 Å². The molecule has 6 heteroatoms. The first-order valence-electron chi connectivity index (χ1n) is 8.34. The lowest BCUT2D eigenvalue weighted by atomic mass is 10.1. The largest absolute Gasteiger partial charge is 0.392 e. The molecule has 4 nitrogen and oxygen atoms in total. The number of aliphatic hydroxyl groups is 2. The van der Waals surface area contributed by atoms with Gasteiger partial charge in [0.25, 0.3) is 0 Å². The summed E-state index contributed by atoms with van der Waals surface area (Å²) in [6.07, 6.45) is 0. The van der Waals surface area contributed by atoms with Crippen LogP contribution in [0, 0.1) is 5.82 Å². The van der Waals surface area contributed by atoms with Crippen molar-refractivity contribution in [2.45, 2.75) is 23.9 Å². The smallest absolute Gasteiger partial charge is 0.182 e. The van der Waals surface area contributed by atoms with Gasteiger partial charge in [0.15, 0.2) is 9.84 Å². The number of sulfone groups is 1. The maximum absolute atomic E-state index is 13.0. The Bertz CT molecular complexity index is 1030. The number of halogens is 1. The third-order valence-corrected chi connectivity index (χ3v) is 6.06. The van der Waals surface area contributed by atoms with Crippen molar-refractivity contribution >= 4 is 9.84 Å². The highest BCUT2D eigenvalue weighted by Gasteiger charge is 2.16. The lowest BCUT2D eigenvalue weighted by molar-refractivity contribution is 0.260. The molecule has 0 spiro atoms. The molecule has 0 aliphatic carbocycles. The summed E-state index contributed by atoms with van der Waals surface area (Å²) in [7, 11) is -3.57. The molecule has 3 aromatic rings. The second-order valence-corrected chi connectivity index (χ2v) is 8.20. The van der Waals surface area contributed by atoms with Crippen molar-refractivity contribution in [2.24, 2.45) is 0 Å². The van der Waals surface area contributed by atoms with Crippen molar-refractivity contribution in [1.82, 2.24) is 0 Å². The molecule has 0 aliphatic heterocycles. The molecule has 0 radical (unpaired) electrons. The van der Waals surface area contributed by atoms with Crippen LogP contribution in [0.1, 0.15) is 16.7 Å². The van der Waals surface area contributed by atoms with Gasteiger partial charge in [-0.25, -0.2) is 12.8 Å². The fourth-order valence-corrected chi connectivity index (χ4v) is 4.21. The lowest BCUT2D eigenvalue weighted by Gasteiger charge is -2.10. The summed E-state index contributed by atoms with van der Waals surface area (Å²) in [6.45, 7) is -0.482. The summed E-state index contributed by atoms with van der Waals surface area (Å²) in [5, 5.41) is 18.6. The summed E-state index contributed by atoms with van der Waals surface area (Å²) in [6, 6.07) is 17.3. The summed E-state index contributed by atoms with van der Waals surface area (Å²) in [5.41, 5.74) is 3.22. The van der Waals surface area contributed by atoms with Crippen molar-refractivity contribution in [1.29, 1.82) is 0 Å². The topological polar surface area (TPSA) is 74.6 Å². The average Bonchev–Trinajstić information content (AvgIpc) is 2.68. The van der Waals surface area contributed by atoms with E-state index in [0.29, 0.717) is 16.7 Å². The van der Waals surface area contributed by atoms with Gasteiger partial charge < -0.3 is 10.2 Å². The Balaban J connectivity index is 1.83. The predicted molar refractivity (Wildman–Crippen MR) is 101 cm³/mol. The lowest BCUT2D eigenvalue weighted by Crippen LogP contribution is -2.06. The summed E-state index contributed by atoms with van der Waals surface area (Å²) >= 11 is 0. The SMILES string of the molecule is O=S(=O)(Cc1ccc(CO)c(CO)c1)c1ccc(-c2ccc(F)cc2)cc1. The van der Waals surface area contributed by atoms with Crippen LogP contribution in [0.15, 0.2) is 71.6 Å². The Hall–Kier alpha value is -2.54. The standard InChI is InChI=1S/C21H19FO4S/c22-20-7-3-16(4-8-20)17-5-9-21(10-6-17)27(25,26)14-15-1-2-18(12-23)19(11-15)13-24/h1-11,23-24H,12-14H2. The fraction of sp³-hybridized carbons (Fsp3) is 0.143. The maximum atomic E-state index is 13.0. The van der Waals surface area contributed by atoms with Gasteiger partial charge in [0.05, 0.1) is 23.9 Å². The van der Waals surface area contributed by atoms with E-state index < -0.39 is 9.84 Å². The number of aliphatic hydroxyl groups excluding tert-OH is 2. The molecule has 0 heterocycles. The molecule has 3 rings (SSSR count). The molecular weight excluding hydrogens is 367 g/mol. The second kappa shape index (κ2) is 8.00. The van der Waals surface area contributed by atoms with Crippen molar-refractivity contribution in [3.05, 3.63) is 89.2 Å². The number of benzene rings is 3.